The highest BCUT2D eigenvalue weighted by Gasteiger charge is 2.19. The summed E-state index contributed by atoms with van der Waals surface area (Å²) in [7, 11) is 1.75. The molecule has 124 valence electrons. The highest BCUT2D eigenvalue weighted by atomic mass is 127. The van der Waals surface area contributed by atoms with Crippen LogP contribution in [-0.4, -0.2) is 37.5 Å². The second-order valence-electron chi connectivity index (χ2n) is 5.63. The van der Waals surface area contributed by atoms with E-state index in [1.54, 1.807) is 13.1 Å². The monoisotopic (exact) mass is 423 g/mol. The molecular formula is C16H24F2IN3. The summed E-state index contributed by atoms with van der Waals surface area (Å²) in [6.45, 7) is 4.77. The van der Waals surface area contributed by atoms with Crippen molar-refractivity contribution >= 4 is 29.9 Å². The molecule has 0 amide bonds. The molecule has 22 heavy (non-hydrogen) atoms. The van der Waals surface area contributed by atoms with Crippen LogP contribution in [0, 0.1) is 17.6 Å². The summed E-state index contributed by atoms with van der Waals surface area (Å²) in [6, 6.07) is 4.29. The first-order valence-electron chi connectivity index (χ1n) is 7.50. The van der Waals surface area contributed by atoms with Crippen LogP contribution in [0.25, 0.3) is 0 Å². The molecule has 1 aliphatic heterocycles. The van der Waals surface area contributed by atoms with E-state index in [1.807, 2.05) is 0 Å². The Morgan fingerprint density at radius 1 is 1.41 bits per heavy atom. The number of hydrogen-bond acceptors (Lipinski definition) is 1. The summed E-state index contributed by atoms with van der Waals surface area (Å²) < 4.78 is 26.7. The van der Waals surface area contributed by atoms with E-state index in [0.717, 1.165) is 25.1 Å². The second-order valence-corrected chi connectivity index (χ2v) is 5.63. The minimum Gasteiger partial charge on any atom is -0.356 e. The van der Waals surface area contributed by atoms with Crippen molar-refractivity contribution in [2.45, 2.75) is 26.2 Å². The smallest absolute Gasteiger partial charge is 0.193 e. The standard InChI is InChI=1S/C16H23F2N3.HI/c1-12-5-4-10-21(11-12)16(19-2)20-9-8-13-6-3-7-14(17)15(13)18;/h3,6-7,12H,4-5,8-11H2,1-2H3,(H,19,20);1H. The Kier molecular flexibility index (Phi) is 8.06. The van der Waals surface area contributed by atoms with Crippen LogP contribution in [-0.2, 0) is 6.42 Å². The third kappa shape index (κ3) is 5.07. The van der Waals surface area contributed by atoms with Crippen LogP contribution >= 0.6 is 24.0 Å². The zero-order valence-electron chi connectivity index (χ0n) is 13.1. The van der Waals surface area contributed by atoms with Crippen molar-refractivity contribution < 1.29 is 8.78 Å². The number of nitrogens with one attached hydrogen (secondary N) is 1. The molecule has 0 saturated carbocycles. The van der Waals surface area contributed by atoms with Gasteiger partial charge in [0.05, 0.1) is 0 Å². The number of aliphatic imine (C=N–C) groups is 1. The predicted molar refractivity (Wildman–Crippen MR) is 96.8 cm³/mol. The SMILES string of the molecule is CN=C(NCCc1cccc(F)c1F)N1CCCC(C)C1.I. The van der Waals surface area contributed by atoms with Crippen molar-refractivity contribution in [2.24, 2.45) is 10.9 Å². The fraction of sp³-hybridized carbons (Fsp3) is 0.562. The van der Waals surface area contributed by atoms with Gasteiger partial charge in [-0.1, -0.05) is 19.1 Å². The summed E-state index contributed by atoms with van der Waals surface area (Å²) in [6.07, 6.45) is 2.86. The summed E-state index contributed by atoms with van der Waals surface area (Å²) in [5, 5.41) is 3.24. The van der Waals surface area contributed by atoms with E-state index in [4.69, 9.17) is 0 Å². The Hall–Kier alpha value is -0.920. The van der Waals surface area contributed by atoms with E-state index in [-0.39, 0.29) is 24.0 Å². The van der Waals surface area contributed by atoms with E-state index in [0.29, 0.717) is 24.4 Å². The molecule has 1 aliphatic rings. The average molecular weight is 423 g/mol. The lowest BCUT2D eigenvalue weighted by Crippen LogP contribution is -2.46. The van der Waals surface area contributed by atoms with Gasteiger partial charge >= 0.3 is 0 Å². The zero-order valence-corrected chi connectivity index (χ0v) is 15.4. The molecule has 1 N–H and O–H groups in total. The quantitative estimate of drug-likeness (QED) is 0.459. The largest absolute Gasteiger partial charge is 0.356 e. The van der Waals surface area contributed by atoms with Gasteiger partial charge in [0.1, 0.15) is 0 Å². The molecule has 1 saturated heterocycles. The molecule has 6 heteroatoms. The number of rotatable bonds is 3. The summed E-state index contributed by atoms with van der Waals surface area (Å²) >= 11 is 0. The van der Waals surface area contributed by atoms with Gasteiger partial charge in [0.25, 0.3) is 0 Å². The Labute approximate surface area is 148 Å². The Morgan fingerprint density at radius 2 is 2.18 bits per heavy atom. The molecule has 3 nitrogen and oxygen atoms in total. The molecule has 0 aliphatic carbocycles. The number of halogens is 3. The lowest BCUT2D eigenvalue weighted by molar-refractivity contribution is 0.266. The molecule has 1 aromatic carbocycles. The van der Waals surface area contributed by atoms with E-state index in [9.17, 15) is 8.78 Å². The van der Waals surface area contributed by atoms with Gasteiger partial charge in [0, 0.05) is 26.7 Å². The van der Waals surface area contributed by atoms with Crippen molar-refractivity contribution in [3.63, 3.8) is 0 Å². The normalized spacial score (nSPS) is 18.8. The molecule has 1 aromatic rings. The molecule has 0 spiro atoms. The van der Waals surface area contributed by atoms with Crippen molar-refractivity contribution in [2.75, 3.05) is 26.7 Å². The fourth-order valence-electron chi connectivity index (χ4n) is 2.76. The van der Waals surface area contributed by atoms with E-state index in [2.05, 4.69) is 22.1 Å². The minimum absolute atomic E-state index is 0. The van der Waals surface area contributed by atoms with Crippen LogP contribution in [0.5, 0.6) is 0 Å². The predicted octanol–water partition coefficient (Wildman–Crippen LogP) is 3.43. The summed E-state index contributed by atoms with van der Waals surface area (Å²) in [5.41, 5.74) is 0.393. The van der Waals surface area contributed by atoms with Crippen molar-refractivity contribution in [1.29, 1.82) is 0 Å². The molecule has 1 heterocycles. The third-order valence-corrected chi connectivity index (χ3v) is 3.88. The van der Waals surface area contributed by atoms with Gasteiger partial charge in [-0.15, -0.1) is 24.0 Å². The van der Waals surface area contributed by atoms with Crippen LogP contribution in [0.1, 0.15) is 25.3 Å². The summed E-state index contributed by atoms with van der Waals surface area (Å²) in [5.74, 6) is -0.0288. The molecule has 2 rings (SSSR count). The molecule has 1 atom stereocenters. The van der Waals surface area contributed by atoms with E-state index < -0.39 is 11.6 Å². The third-order valence-electron chi connectivity index (χ3n) is 3.88. The molecule has 1 unspecified atom stereocenters. The minimum atomic E-state index is -0.790. The molecule has 0 bridgehead atoms. The van der Waals surface area contributed by atoms with E-state index >= 15 is 0 Å². The van der Waals surface area contributed by atoms with Gasteiger partial charge in [-0.3, -0.25) is 4.99 Å². The Bertz CT molecular complexity index is 508. The maximum atomic E-state index is 13.6. The van der Waals surface area contributed by atoms with Crippen LogP contribution in [0.3, 0.4) is 0 Å². The van der Waals surface area contributed by atoms with E-state index in [1.165, 1.54) is 18.9 Å². The number of nitrogens with zero attached hydrogens (tertiary/aromatic N) is 2. The molecular weight excluding hydrogens is 399 g/mol. The lowest BCUT2D eigenvalue weighted by atomic mass is 10.0. The first-order chi connectivity index (χ1) is 10.1. The zero-order chi connectivity index (χ0) is 15.2. The van der Waals surface area contributed by atoms with Gasteiger partial charge in [-0.05, 0) is 36.8 Å². The topological polar surface area (TPSA) is 27.6 Å². The highest BCUT2D eigenvalue weighted by Crippen LogP contribution is 2.15. The highest BCUT2D eigenvalue weighted by molar-refractivity contribution is 14.0. The Balaban J connectivity index is 0.00000242. The van der Waals surface area contributed by atoms with Crippen molar-refractivity contribution in [3.8, 4) is 0 Å². The first-order valence-corrected chi connectivity index (χ1v) is 7.50. The fourth-order valence-corrected chi connectivity index (χ4v) is 2.76. The van der Waals surface area contributed by atoms with Crippen LogP contribution in [0.2, 0.25) is 0 Å². The van der Waals surface area contributed by atoms with Crippen LogP contribution < -0.4 is 5.32 Å². The van der Waals surface area contributed by atoms with Gasteiger partial charge < -0.3 is 10.2 Å². The maximum absolute atomic E-state index is 13.6. The number of benzene rings is 1. The number of likely N-dealkylation sites (tertiary alicyclic amines) is 1. The van der Waals surface area contributed by atoms with Gasteiger partial charge in [0.2, 0.25) is 0 Å². The van der Waals surface area contributed by atoms with Gasteiger partial charge in [-0.2, -0.15) is 0 Å². The van der Waals surface area contributed by atoms with Gasteiger partial charge in [-0.25, -0.2) is 8.78 Å². The first kappa shape index (κ1) is 19.1. The van der Waals surface area contributed by atoms with Crippen molar-refractivity contribution in [3.05, 3.63) is 35.4 Å². The number of piperidine rings is 1. The van der Waals surface area contributed by atoms with Crippen LogP contribution in [0.4, 0.5) is 8.78 Å². The molecule has 0 radical (unpaired) electrons. The molecule has 0 aromatic heterocycles. The maximum Gasteiger partial charge on any atom is 0.193 e. The second kappa shape index (κ2) is 9.27. The number of hydrogen-bond donors (Lipinski definition) is 1. The lowest BCUT2D eigenvalue weighted by Gasteiger charge is -2.33. The summed E-state index contributed by atoms with van der Waals surface area (Å²) in [4.78, 5) is 6.51. The van der Waals surface area contributed by atoms with Crippen molar-refractivity contribution in [1.82, 2.24) is 10.2 Å². The van der Waals surface area contributed by atoms with Gasteiger partial charge in [0.15, 0.2) is 17.6 Å². The van der Waals surface area contributed by atoms with Crippen LogP contribution in [0.15, 0.2) is 23.2 Å². The number of guanidine groups is 1. The average Bonchev–Trinajstić information content (AvgIpc) is 2.48. The Morgan fingerprint density at radius 3 is 2.86 bits per heavy atom. The molecule has 1 fully saturated rings.